The summed E-state index contributed by atoms with van der Waals surface area (Å²) in [4.78, 5) is 20.5. The normalized spacial score (nSPS) is 15.4. The molecule has 140 valence electrons. The molecular weight excluding hydrogens is 341 g/mol. The molecule has 1 N–H and O–H groups in total. The van der Waals surface area contributed by atoms with E-state index in [0.717, 1.165) is 48.3 Å². The molecule has 1 fully saturated rings. The van der Waals surface area contributed by atoms with Crippen LogP contribution < -0.4 is 4.90 Å². The minimum absolute atomic E-state index is 0.141. The molecule has 4 rings (SSSR count). The average molecular weight is 365 g/mol. The van der Waals surface area contributed by atoms with Crippen LogP contribution in [0.5, 0.6) is 0 Å². The lowest BCUT2D eigenvalue weighted by atomic mass is 10.0. The SMILES string of the molecule is Cc1ccc2c(C(=O)CN3CCN(c4ccccc4F)CC3)c(C)[nH]c2c1. The monoisotopic (exact) mass is 365 g/mol. The first-order valence-corrected chi connectivity index (χ1v) is 9.37. The Bertz CT molecular complexity index is 986. The fourth-order valence-electron chi connectivity index (χ4n) is 3.94. The second kappa shape index (κ2) is 7.16. The Morgan fingerprint density at radius 2 is 1.81 bits per heavy atom. The summed E-state index contributed by atoms with van der Waals surface area (Å²) in [5.74, 6) is -0.0475. The van der Waals surface area contributed by atoms with Crippen LogP contribution in [0.3, 0.4) is 0 Å². The van der Waals surface area contributed by atoms with Crippen molar-refractivity contribution < 1.29 is 9.18 Å². The first-order chi connectivity index (χ1) is 13.0. The summed E-state index contributed by atoms with van der Waals surface area (Å²) in [6, 6.07) is 13.0. The molecule has 2 heterocycles. The van der Waals surface area contributed by atoms with Crippen LogP contribution in [0.15, 0.2) is 42.5 Å². The zero-order chi connectivity index (χ0) is 19.0. The number of anilines is 1. The van der Waals surface area contributed by atoms with Crippen molar-refractivity contribution in [1.82, 2.24) is 9.88 Å². The maximum atomic E-state index is 14.0. The number of carbonyl (C=O) groups is 1. The van der Waals surface area contributed by atoms with Gasteiger partial charge in [-0.05, 0) is 37.6 Å². The number of halogens is 1. The van der Waals surface area contributed by atoms with Crippen molar-refractivity contribution in [2.24, 2.45) is 0 Å². The third kappa shape index (κ3) is 3.47. The lowest BCUT2D eigenvalue weighted by molar-refractivity contribution is 0.0927. The summed E-state index contributed by atoms with van der Waals surface area (Å²) in [6.07, 6.45) is 0. The number of aromatic nitrogens is 1. The quantitative estimate of drug-likeness (QED) is 0.712. The number of aryl methyl sites for hydroxylation is 2. The minimum atomic E-state index is -0.188. The highest BCUT2D eigenvalue weighted by Crippen LogP contribution is 2.25. The highest BCUT2D eigenvalue weighted by atomic mass is 19.1. The number of rotatable bonds is 4. The van der Waals surface area contributed by atoms with Crippen molar-refractivity contribution in [3.63, 3.8) is 0 Å². The molecule has 2 aromatic carbocycles. The molecule has 0 spiro atoms. The lowest BCUT2D eigenvalue weighted by Gasteiger charge is -2.35. The van der Waals surface area contributed by atoms with Gasteiger partial charge in [0.15, 0.2) is 5.78 Å². The van der Waals surface area contributed by atoms with Crippen molar-refractivity contribution in [3.05, 3.63) is 65.1 Å². The van der Waals surface area contributed by atoms with Gasteiger partial charge >= 0.3 is 0 Å². The van der Waals surface area contributed by atoms with Crippen molar-refractivity contribution in [3.8, 4) is 0 Å². The van der Waals surface area contributed by atoms with E-state index in [1.165, 1.54) is 11.6 Å². The number of Topliss-reactive ketones (excluding diaryl/α,β-unsaturated/α-hetero) is 1. The fourth-order valence-corrected chi connectivity index (χ4v) is 3.94. The standard InChI is InChI=1S/C22H24FN3O/c1-15-7-8-17-19(13-15)24-16(2)22(17)21(27)14-25-9-11-26(12-10-25)20-6-4-3-5-18(20)23/h3-8,13,24H,9-12,14H2,1-2H3. The van der Waals surface area contributed by atoms with Gasteiger partial charge in [-0.1, -0.05) is 24.3 Å². The van der Waals surface area contributed by atoms with E-state index in [1.807, 2.05) is 38.1 Å². The van der Waals surface area contributed by atoms with Crippen LogP contribution in [0.1, 0.15) is 21.6 Å². The molecule has 0 unspecified atom stereocenters. The predicted octanol–water partition coefficient (Wildman–Crippen LogP) is 3.93. The fraction of sp³-hybridized carbons (Fsp3) is 0.318. The van der Waals surface area contributed by atoms with Gasteiger partial charge < -0.3 is 9.88 Å². The summed E-state index contributed by atoms with van der Waals surface area (Å²) in [7, 11) is 0. The molecule has 0 amide bonds. The molecule has 1 aliphatic heterocycles. The second-order valence-corrected chi connectivity index (χ2v) is 7.31. The summed E-state index contributed by atoms with van der Waals surface area (Å²) < 4.78 is 14.0. The van der Waals surface area contributed by atoms with Gasteiger partial charge in [-0.2, -0.15) is 0 Å². The summed E-state index contributed by atoms with van der Waals surface area (Å²) in [6.45, 7) is 7.35. The molecule has 0 radical (unpaired) electrons. The van der Waals surface area contributed by atoms with Crippen LogP contribution in [0.2, 0.25) is 0 Å². The average Bonchev–Trinajstić information content (AvgIpc) is 2.98. The van der Waals surface area contributed by atoms with E-state index in [1.54, 1.807) is 6.07 Å². The first kappa shape index (κ1) is 17.7. The topological polar surface area (TPSA) is 39.3 Å². The summed E-state index contributed by atoms with van der Waals surface area (Å²) >= 11 is 0. The number of hydrogen-bond donors (Lipinski definition) is 1. The maximum Gasteiger partial charge on any atom is 0.179 e. The number of H-pyrrole nitrogens is 1. The molecule has 0 saturated carbocycles. The number of para-hydroxylation sites is 1. The van der Waals surface area contributed by atoms with Crippen molar-refractivity contribution in [1.29, 1.82) is 0 Å². The Balaban J connectivity index is 1.45. The van der Waals surface area contributed by atoms with Gasteiger partial charge in [-0.3, -0.25) is 9.69 Å². The number of ketones is 1. The zero-order valence-electron chi connectivity index (χ0n) is 15.8. The second-order valence-electron chi connectivity index (χ2n) is 7.31. The number of aromatic amines is 1. The summed E-state index contributed by atoms with van der Waals surface area (Å²) in [5.41, 5.74) is 4.55. The molecule has 0 aliphatic carbocycles. The Hall–Kier alpha value is -2.66. The van der Waals surface area contributed by atoms with Crippen LogP contribution in [0, 0.1) is 19.7 Å². The Morgan fingerprint density at radius 1 is 1.07 bits per heavy atom. The van der Waals surface area contributed by atoms with E-state index >= 15 is 0 Å². The molecule has 0 bridgehead atoms. The predicted molar refractivity (Wildman–Crippen MR) is 107 cm³/mol. The van der Waals surface area contributed by atoms with Crippen molar-refractivity contribution in [2.45, 2.75) is 13.8 Å². The third-order valence-corrected chi connectivity index (χ3v) is 5.35. The van der Waals surface area contributed by atoms with E-state index in [4.69, 9.17) is 0 Å². The molecule has 0 atom stereocenters. The van der Waals surface area contributed by atoms with Crippen molar-refractivity contribution in [2.75, 3.05) is 37.6 Å². The molecule has 3 aromatic rings. The summed E-state index contributed by atoms with van der Waals surface area (Å²) in [5, 5.41) is 0.994. The van der Waals surface area contributed by atoms with E-state index in [2.05, 4.69) is 20.9 Å². The number of nitrogens with zero attached hydrogens (tertiary/aromatic N) is 2. The number of fused-ring (bicyclic) bond motifs is 1. The van der Waals surface area contributed by atoms with Crippen LogP contribution in [0.25, 0.3) is 10.9 Å². The molecule has 1 aliphatic rings. The molecule has 5 heteroatoms. The van der Waals surface area contributed by atoms with Crippen LogP contribution in [-0.4, -0.2) is 48.4 Å². The number of carbonyl (C=O) groups excluding carboxylic acids is 1. The van der Waals surface area contributed by atoms with Gasteiger partial charge in [0.2, 0.25) is 0 Å². The maximum absolute atomic E-state index is 14.0. The number of hydrogen-bond acceptors (Lipinski definition) is 3. The van der Waals surface area contributed by atoms with Crippen molar-refractivity contribution >= 4 is 22.4 Å². The van der Waals surface area contributed by atoms with E-state index in [0.29, 0.717) is 12.2 Å². The van der Waals surface area contributed by atoms with Gasteiger partial charge in [0.05, 0.1) is 12.2 Å². The van der Waals surface area contributed by atoms with Gasteiger partial charge in [0, 0.05) is 48.3 Å². The number of nitrogens with one attached hydrogen (secondary N) is 1. The Labute approximate surface area is 158 Å². The Morgan fingerprint density at radius 3 is 2.56 bits per heavy atom. The third-order valence-electron chi connectivity index (χ3n) is 5.35. The number of piperazine rings is 1. The van der Waals surface area contributed by atoms with Gasteiger partial charge in [-0.25, -0.2) is 4.39 Å². The molecule has 1 aromatic heterocycles. The molecule has 27 heavy (non-hydrogen) atoms. The molecular formula is C22H24FN3O. The number of benzene rings is 2. The van der Waals surface area contributed by atoms with Crippen LogP contribution in [0.4, 0.5) is 10.1 Å². The Kier molecular flexibility index (Phi) is 4.70. The zero-order valence-corrected chi connectivity index (χ0v) is 15.8. The van der Waals surface area contributed by atoms with Gasteiger partial charge in [-0.15, -0.1) is 0 Å². The highest BCUT2D eigenvalue weighted by Gasteiger charge is 2.23. The largest absolute Gasteiger partial charge is 0.367 e. The minimum Gasteiger partial charge on any atom is -0.367 e. The molecule has 1 saturated heterocycles. The van der Waals surface area contributed by atoms with E-state index in [9.17, 15) is 9.18 Å². The first-order valence-electron chi connectivity index (χ1n) is 9.37. The van der Waals surface area contributed by atoms with Gasteiger partial charge in [0.1, 0.15) is 5.82 Å². The van der Waals surface area contributed by atoms with Gasteiger partial charge in [0.25, 0.3) is 0 Å². The van der Waals surface area contributed by atoms with E-state index in [-0.39, 0.29) is 11.6 Å². The van der Waals surface area contributed by atoms with Crippen LogP contribution in [-0.2, 0) is 0 Å². The molecule has 4 nitrogen and oxygen atoms in total. The van der Waals surface area contributed by atoms with E-state index < -0.39 is 0 Å². The smallest absolute Gasteiger partial charge is 0.179 e. The lowest BCUT2D eigenvalue weighted by Crippen LogP contribution is -2.48. The highest BCUT2D eigenvalue weighted by molar-refractivity contribution is 6.10. The van der Waals surface area contributed by atoms with Crippen LogP contribution >= 0.6 is 0 Å².